The van der Waals surface area contributed by atoms with Crippen molar-refractivity contribution < 1.29 is 4.74 Å². The Morgan fingerprint density at radius 2 is 0.806 bits per heavy atom. The lowest BCUT2D eigenvalue weighted by Crippen LogP contribution is -2.20. The Kier molecular flexibility index (Phi) is 9.93. The number of ether oxygens (including phenoxy) is 1. The Morgan fingerprint density at radius 3 is 1.00 bits per heavy atom. The first-order valence-electron chi connectivity index (χ1n) is 11.7. The maximum Gasteiger partial charge on any atom is 0.0974 e. The Labute approximate surface area is 200 Å². The molecule has 0 heterocycles. The van der Waals surface area contributed by atoms with E-state index in [1.165, 1.54) is 33.4 Å². The summed E-state index contributed by atoms with van der Waals surface area (Å²) in [6.45, 7) is 17.9. The smallest absolute Gasteiger partial charge is 0.0974 e. The first-order chi connectivity index (χ1) is 14.6. The van der Waals surface area contributed by atoms with Gasteiger partial charge in [0.25, 0.3) is 0 Å². The van der Waals surface area contributed by atoms with Crippen LogP contribution in [0, 0.1) is 0 Å². The predicted octanol–water partition coefficient (Wildman–Crippen LogP) is 9.46. The summed E-state index contributed by atoms with van der Waals surface area (Å²) in [5, 5.41) is 0. The van der Waals surface area contributed by atoms with Crippen LogP contribution in [0.3, 0.4) is 0 Å². The van der Waals surface area contributed by atoms with Crippen LogP contribution >= 0.6 is 23.2 Å². The van der Waals surface area contributed by atoms with E-state index in [-0.39, 0.29) is 12.2 Å². The molecule has 0 radical (unpaired) electrons. The van der Waals surface area contributed by atoms with Crippen molar-refractivity contribution in [2.24, 2.45) is 0 Å². The van der Waals surface area contributed by atoms with Crippen LogP contribution < -0.4 is 0 Å². The first kappa shape index (κ1) is 26.2. The molecule has 3 heteroatoms. The average molecular weight is 464 g/mol. The molecule has 31 heavy (non-hydrogen) atoms. The zero-order valence-corrected chi connectivity index (χ0v) is 22.0. The van der Waals surface area contributed by atoms with E-state index >= 15 is 0 Å². The Morgan fingerprint density at radius 1 is 0.548 bits per heavy atom. The number of hydrogen-bond donors (Lipinski definition) is 0. The molecule has 0 saturated heterocycles. The van der Waals surface area contributed by atoms with Crippen LogP contribution in [0.15, 0.2) is 36.4 Å². The third kappa shape index (κ3) is 6.06. The summed E-state index contributed by atoms with van der Waals surface area (Å²) < 4.78 is 6.82. The predicted molar refractivity (Wildman–Crippen MR) is 137 cm³/mol. The fourth-order valence-corrected chi connectivity index (χ4v) is 4.98. The lowest BCUT2D eigenvalue weighted by atomic mass is 9.85. The molecular formula is C28H40Cl2O. The van der Waals surface area contributed by atoms with Crippen molar-refractivity contribution in [1.29, 1.82) is 0 Å². The highest BCUT2D eigenvalue weighted by molar-refractivity contribution is 6.18. The van der Waals surface area contributed by atoms with E-state index in [9.17, 15) is 0 Å². The van der Waals surface area contributed by atoms with E-state index in [4.69, 9.17) is 27.9 Å². The highest BCUT2D eigenvalue weighted by Crippen LogP contribution is 2.41. The third-order valence-corrected chi connectivity index (χ3v) is 6.65. The SMILES string of the molecule is CC(C)c1cccc(C(C)C)c1C(CCl)OC(CCl)c1c(C(C)C)cccc1C(C)C. The second-order valence-corrected chi connectivity index (χ2v) is 10.4. The van der Waals surface area contributed by atoms with Gasteiger partial charge in [-0.2, -0.15) is 0 Å². The van der Waals surface area contributed by atoms with Gasteiger partial charge in [-0.3, -0.25) is 0 Å². The highest BCUT2D eigenvalue weighted by atomic mass is 35.5. The van der Waals surface area contributed by atoms with Gasteiger partial charge in [0.1, 0.15) is 0 Å². The van der Waals surface area contributed by atoms with Gasteiger partial charge in [-0.05, 0) is 57.1 Å². The Balaban J connectivity index is 2.61. The largest absolute Gasteiger partial charge is 0.363 e. The molecule has 0 aliphatic heterocycles. The van der Waals surface area contributed by atoms with E-state index in [1.807, 2.05) is 0 Å². The normalized spacial score (nSPS) is 14.1. The van der Waals surface area contributed by atoms with Gasteiger partial charge in [-0.25, -0.2) is 0 Å². The summed E-state index contributed by atoms with van der Waals surface area (Å²) in [6, 6.07) is 13.2. The molecule has 0 aliphatic rings. The molecule has 0 aliphatic carbocycles. The van der Waals surface area contributed by atoms with E-state index in [0.29, 0.717) is 35.4 Å². The fraction of sp³-hybridized carbons (Fsp3) is 0.571. The quantitative estimate of drug-likeness (QED) is 0.319. The lowest BCUT2D eigenvalue weighted by Gasteiger charge is -2.31. The Hall–Kier alpha value is -1.02. The van der Waals surface area contributed by atoms with Gasteiger partial charge in [-0.1, -0.05) is 91.8 Å². The van der Waals surface area contributed by atoms with Crippen molar-refractivity contribution in [2.45, 2.75) is 91.3 Å². The van der Waals surface area contributed by atoms with Crippen molar-refractivity contribution in [2.75, 3.05) is 11.8 Å². The molecule has 0 fully saturated rings. The molecule has 2 atom stereocenters. The molecule has 1 nitrogen and oxygen atoms in total. The minimum Gasteiger partial charge on any atom is -0.363 e. The van der Waals surface area contributed by atoms with Crippen molar-refractivity contribution in [1.82, 2.24) is 0 Å². The van der Waals surface area contributed by atoms with Crippen molar-refractivity contribution in [3.63, 3.8) is 0 Å². The zero-order valence-electron chi connectivity index (χ0n) is 20.5. The molecule has 0 aromatic heterocycles. The minimum atomic E-state index is -0.207. The maximum atomic E-state index is 6.82. The molecular weight excluding hydrogens is 423 g/mol. The second kappa shape index (κ2) is 11.7. The van der Waals surface area contributed by atoms with Crippen LogP contribution in [0.1, 0.15) is 125 Å². The highest BCUT2D eigenvalue weighted by Gasteiger charge is 2.28. The lowest BCUT2D eigenvalue weighted by molar-refractivity contribution is 0.00764. The number of hydrogen-bond acceptors (Lipinski definition) is 1. The van der Waals surface area contributed by atoms with Gasteiger partial charge in [-0.15, -0.1) is 23.2 Å². The van der Waals surface area contributed by atoms with Gasteiger partial charge < -0.3 is 4.74 Å². The van der Waals surface area contributed by atoms with Crippen LogP contribution in [0.5, 0.6) is 0 Å². The monoisotopic (exact) mass is 462 g/mol. The molecule has 0 saturated carbocycles. The third-order valence-electron chi connectivity index (χ3n) is 6.09. The number of halogens is 2. The topological polar surface area (TPSA) is 9.23 Å². The number of alkyl halides is 2. The minimum absolute atomic E-state index is 0.207. The molecule has 172 valence electrons. The molecule has 2 unspecified atom stereocenters. The zero-order chi connectivity index (χ0) is 23.3. The van der Waals surface area contributed by atoms with Gasteiger partial charge in [0.2, 0.25) is 0 Å². The molecule has 2 aromatic carbocycles. The average Bonchev–Trinajstić information content (AvgIpc) is 2.73. The molecule has 2 aromatic rings. The summed E-state index contributed by atoms with van der Waals surface area (Å²) >= 11 is 13.2. The molecule has 0 N–H and O–H groups in total. The Bertz CT molecular complexity index is 717. The molecule has 0 amide bonds. The van der Waals surface area contributed by atoms with Gasteiger partial charge in [0.05, 0.1) is 24.0 Å². The van der Waals surface area contributed by atoms with E-state index in [2.05, 4.69) is 91.8 Å². The summed E-state index contributed by atoms with van der Waals surface area (Å²) in [7, 11) is 0. The molecule has 2 rings (SSSR count). The number of benzene rings is 2. The van der Waals surface area contributed by atoms with Crippen molar-refractivity contribution >= 4 is 23.2 Å². The van der Waals surface area contributed by atoms with Crippen LogP contribution in [0.2, 0.25) is 0 Å². The summed E-state index contributed by atoms with van der Waals surface area (Å²) in [5.41, 5.74) is 7.73. The summed E-state index contributed by atoms with van der Waals surface area (Å²) in [4.78, 5) is 0. The van der Waals surface area contributed by atoms with Crippen LogP contribution in [-0.4, -0.2) is 11.8 Å². The van der Waals surface area contributed by atoms with Crippen LogP contribution in [0.4, 0.5) is 0 Å². The van der Waals surface area contributed by atoms with Crippen LogP contribution in [0.25, 0.3) is 0 Å². The van der Waals surface area contributed by atoms with Gasteiger partial charge in [0.15, 0.2) is 0 Å². The summed E-state index contributed by atoms with van der Waals surface area (Å²) in [5.74, 6) is 2.38. The first-order valence-corrected chi connectivity index (χ1v) is 12.7. The maximum absolute atomic E-state index is 6.82. The van der Waals surface area contributed by atoms with E-state index in [1.54, 1.807) is 0 Å². The van der Waals surface area contributed by atoms with E-state index < -0.39 is 0 Å². The van der Waals surface area contributed by atoms with Crippen molar-refractivity contribution in [3.05, 3.63) is 69.8 Å². The van der Waals surface area contributed by atoms with Crippen LogP contribution in [-0.2, 0) is 4.74 Å². The second-order valence-electron chi connectivity index (χ2n) is 9.74. The van der Waals surface area contributed by atoms with Gasteiger partial charge >= 0.3 is 0 Å². The fourth-order valence-electron chi connectivity index (χ4n) is 4.52. The molecule has 0 bridgehead atoms. The summed E-state index contributed by atoms with van der Waals surface area (Å²) in [6.07, 6.45) is -0.414. The van der Waals surface area contributed by atoms with E-state index in [0.717, 1.165) is 0 Å². The molecule has 0 spiro atoms. The number of rotatable bonds is 10. The van der Waals surface area contributed by atoms with Crippen molar-refractivity contribution in [3.8, 4) is 0 Å². The standard InChI is InChI=1S/C28H40Cl2O/c1-17(2)21-11-9-12-22(18(3)4)27(21)25(15-29)31-26(16-30)28-23(19(5)6)13-10-14-24(28)20(7)8/h9-14,17-20,25-26H,15-16H2,1-8H3. The van der Waals surface area contributed by atoms with Gasteiger partial charge in [0, 0.05) is 0 Å².